The van der Waals surface area contributed by atoms with Gasteiger partial charge in [-0.05, 0) is 56.5 Å². The monoisotopic (exact) mass is 252 g/mol. The smallest absolute Gasteiger partial charge is 0.222 e. The normalized spacial score (nSPS) is 28.3. The minimum absolute atomic E-state index is 0.355. The molecule has 1 unspecified atom stereocenters. The summed E-state index contributed by atoms with van der Waals surface area (Å²) in [7, 11) is 2.01. The van der Waals surface area contributed by atoms with Gasteiger partial charge in [-0.15, -0.1) is 0 Å². The molecular formula is C15H28N2O. The summed E-state index contributed by atoms with van der Waals surface area (Å²) in [5, 5.41) is 3.34. The zero-order valence-electron chi connectivity index (χ0n) is 12.2. The molecule has 2 rings (SSSR count). The Bertz CT molecular complexity index is 285. The van der Waals surface area contributed by atoms with Gasteiger partial charge in [-0.2, -0.15) is 0 Å². The molecule has 104 valence electrons. The van der Waals surface area contributed by atoms with Gasteiger partial charge in [0.25, 0.3) is 0 Å². The van der Waals surface area contributed by atoms with Crippen molar-refractivity contribution >= 4 is 5.91 Å². The van der Waals surface area contributed by atoms with E-state index in [1.54, 1.807) is 0 Å². The van der Waals surface area contributed by atoms with Gasteiger partial charge in [0, 0.05) is 19.5 Å². The average molecular weight is 252 g/mol. The van der Waals surface area contributed by atoms with Gasteiger partial charge in [0.05, 0.1) is 0 Å². The number of carbonyl (C=O) groups excluding carboxylic acids is 1. The van der Waals surface area contributed by atoms with E-state index in [2.05, 4.69) is 19.2 Å². The van der Waals surface area contributed by atoms with Crippen LogP contribution in [-0.2, 0) is 4.79 Å². The van der Waals surface area contributed by atoms with E-state index in [4.69, 9.17) is 0 Å². The van der Waals surface area contributed by atoms with E-state index < -0.39 is 0 Å². The Kier molecular flexibility index (Phi) is 4.31. The lowest BCUT2D eigenvalue weighted by atomic mass is 9.75. The van der Waals surface area contributed by atoms with Crippen LogP contribution < -0.4 is 5.32 Å². The van der Waals surface area contributed by atoms with Gasteiger partial charge in [-0.1, -0.05) is 13.8 Å². The van der Waals surface area contributed by atoms with E-state index in [9.17, 15) is 4.79 Å². The first-order chi connectivity index (χ1) is 8.48. The fourth-order valence-electron chi connectivity index (χ4n) is 3.25. The van der Waals surface area contributed by atoms with Crippen molar-refractivity contribution in [2.75, 3.05) is 20.1 Å². The Morgan fingerprint density at radius 3 is 2.50 bits per heavy atom. The number of nitrogens with zero attached hydrogens (tertiary/aromatic N) is 1. The molecular weight excluding hydrogens is 224 g/mol. The molecule has 2 aliphatic rings. The zero-order chi connectivity index (χ0) is 13.2. The predicted octanol–water partition coefficient (Wildman–Crippen LogP) is 2.41. The van der Waals surface area contributed by atoms with Crippen LogP contribution in [0.25, 0.3) is 0 Å². The van der Waals surface area contributed by atoms with Crippen LogP contribution >= 0.6 is 0 Å². The lowest BCUT2D eigenvalue weighted by Crippen LogP contribution is -2.41. The molecule has 3 heteroatoms. The Hall–Kier alpha value is -0.570. The first kappa shape index (κ1) is 13.9. The Morgan fingerprint density at radius 2 is 1.94 bits per heavy atom. The Morgan fingerprint density at radius 1 is 1.28 bits per heavy atom. The summed E-state index contributed by atoms with van der Waals surface area (Å²) >= 11 is 0. The predicted molar refractivity (Wildman–Crippen MR) is 74.4 cm³/mol. The van der Waals surface area contributed by atoms with Crippen LogP contribution in [0.4, 0.5) is 0 Å². The second kappa shape index (κ2) is 5.60. The maximum absolute atomic E-state index is 12.3. The standard InChI is InChI=1S/C15H28N2O/c1-15(2)7-4-13(5-8-15)17(3)14(18)10-12-6-9-16-11-12/h12-13,16H,4-11H2,1-3H3. The summed E-state index contributed by atoms with van der Waals surface area (Å²) in [6.45, 7) is 6.79. The van der Waals surface area contributed by atoms with Crippen LogP contribution in [-0.4, -0.2) is 37.0 Å². The first-order valence-corrected chi connectivity index (χ1v) is 7.44. The van der Waals surface area contributed by atoms with Gasteiger partial charge in [-0.25, -0.2) is 0 Å². The van der Waals surface area contributed by atoms with Crippen molar-refractivity contribution in [1.29, 1.82) is 0 Å². The molecule has 0 aromatic heterocycles. The minimum atomic E-state index is 0.355. The van der Waals surface area contributed by atoms with E-state index in [0.29, 0.717) is 23.3 Å². The highest BCUT2D eigenvalue weighted by Gasteiger charge is 2.31. The molecule has 1 aliphatic heterocycles. The average Bonchev–Trinajstić information content (AvgIpc) is 2.81. The third-order valence-electron chi connectivity index (χ3n) is 4.88. The quantitative estimate of drug-likeness (QED) is 0.836. The number of rotatable bonds is 3. The Balaban J connectivity index is 1.79. The molecule has 0 bridgehead atoms. The van der Waals surface area contributed by atoms with Crippen LogP contribution in [0.15, 0.2) is 0 Å². The summed E-state index contributed by atoms with van der Waals surface area (Å²) in [4.78, 5) is 14.3. The van der Waals surface area contributed by atoms with Crippen molar-refractivity contribution in [2.24, 2.45) is 11.3 Å². The molecule has 1 atom stereocenters. The van der Waals surface area contributed by atoms with Crippen molar-refractivity contribution in [3.63, 3.8) is 0 Å². The number of nitrogens with one attached hydrogen (secondary N) is 1. The third-order valence-corrected chi connectivity index (χ3v) is 4.88. The van der Waals surface area contributed by atoms with Crippen molar-refractivity contribution < 1.29 is 4.79 Å². The van der Waals surface area contributed by atoms with E-state index >= 15 is 0 Å². The molecule has 1 aliphatic carbocycles. The molecule has 3 nitrogen and oxygen atoms in total. The summed E-state index contributed by atoms with van der Waals surface area (Å²) in [6, 6.07) is 0.486. The number of hydrogen-bond donors (Lipinski definition) is 1. The molecule has 1 saturated carbocycles. The summed E-state index contributed by atoms with van der Waals surface area (Å²) in [6.07, 6.45) is 6.76. The highest BCUT2D eigenvalue weighted by molar-refractivity contribution is 5.76. The van der Waals surface area contributed by atoms with E-state index in [1.165, 1.54) is 25.7 Å². The largest absolute Gasteiger partial charge is 0.343 e. The maximum atomic E-state index is 12.3. The van der Waals surface area contributed by atoms with E-state index in [1.807, 2.05) is 11.9 Å². The van der Waals surface area contributed by atoms with E-state index in [-0.39, 0.29) is 0 Å². The molecule has 0 aromatic rings. The molecule has 1 N–H and O–H groups in total. The molecule has 18 heavy (non-hydrogen) atoms. The lowest BCUT2D eigenvalue weighted by Gasteiger charge is -2.38. The molecule has 1 saturated heterocycles. The molecule has 1 amide bonds. The second-order valence-electron chi connectivity index (χ2n) is 6.96. The van der Waals surface area contributed by atoms with Gasteiger partial charge in [-0.3, -0.25) is 4.79 Å². The molecule has 0 radical (unpaired) electrons. The number of carbonyl (C=O) groups is 1. The fourth-order valence-corrected chi connectivity index (χ4v) is 3.25. The van der Waals surface area contributed by atoms with Crippen LogP contribution in [0.3, 0.4) is 0 Å². The molecule has 0 spiro atoms. The Labute approximate surface area is 111 Å². The third kappa shape index (κ3) is 3.47. The van der Waals surface area contributed by atoms with Crippen molar-refractivity contribution in [3.8, 4) is 0 Å². The minimum Gasteiger partial charge on any atom is -0.343 e. The van der Waals surface area contributed by atoms with Crippen LogP contribution in [0.2, 0.25) is 0 Å². The molecule has 1 heterocycles. The zero-order valence-corrected chi connectivity index (χ0v) is 12.2. The van der Waals surface area contributed by atoms with Gasteiger partial charge in [0.15, 0.2) is 0 Å². The second-order valence-corrected chi connectivity index (χ2v) is 6.96. The van der Waals surface area contributed by atoms with Gasteiger partial charge in [0.1, 0.15) is 0 Å². The number of hydrogen-bond acceptors (Lipinski definition) is 2. The fraction of sp³-hybridized carbons (Fsp3) is 0.933. The highest BCUT2D eigenvalue weighted by atomic mass is 16.2. The van der Waals surface area contributed by atoms with Crippen LogP contribution in [0.5, 0.6) is 0 Å². The van der Waals surface area contributed by atoms with Crippen molar-refractivity contribution in [1.82, 2.24) is 10.2 Å². The number of amides is 1. The van der Waals surface area contributed by atoms with Crippen molar-refractivity contribution in [2.45, 2.75) is 58.4 Å². The highest BCUT2D eigenvalue weighted by Crippen LogP contribution is 2.36. The van der Waals surface area contributed by atoms with E-state index in [0.717, 1.165) is 25.9 Å². The molecule has 0 aromatic carbocycles. The SMILES string of the molecule is CN(C(=O)CC1CCNC1)C1CCC(C)(C)CC1. The lowest BCUT2D eigenvalue weighted by molar-refractivity contribution is -0.133. The van der Waals surface area contributed by atoms with Crippen molar-refractivity contribution in [3.05, 3.63) is 0 Å². The topological polar surface area (TPSA) is 32.3 Å². The summed E-state index contributed by atoms with van der Waals surface area (Å²) in [5.74, 6) is 0.924. The first-order valence-electron chi connectivity index (χ1n) is 7.44. The van der Waals surface area contributed by atoms with Crippen LogP contribution in [0, 0.1) is 11.3 Å². The van der Waals surface area contributed by atoms with Gasteiger partial charge >= 0.3 is 0 Å². The molecule has 2 fully saturated rings. The summed E-state index contributed by atoms with van der Waals surface area (Å²) in [5.41, 5.74) is 0.482. The summed E-state index contributed by atoms with van der Waals surface area (Å²) < 4.78 is 0. The van der Waals surface area contributed by atoms with Gasteiger partial charge < -0.3 is 10.2 Å². The van der Waals surface area contributed by atoms with Crippen LogP contribution in [0.1, 0.15) is 52.4 Å². The van der Waals surface area contributed by atoms with Gasteiger partial charge in [0.2, 0.25) is 5.91 Å². The maximum Gasteiger partial charge on any atom is 0.222 e.